The number of halogens is 3. The minimum absolute atomic E-state index is 0.131. The molecule has 4 nitrogen and oxygen atoms in total. The summed E-state index contributed by atoms with van der Waals surface area (Å²) in [5, 5.41) is 8.57. The molecule has 0 fully saturated rings. The number of nitrogens with one attached hydrogen (secondary N) is 1. The molecule has 0 saturated heterocycles. The van der Waals surface area contributed by atoms with E-state index < -0.39 is 29.7 Å². The zero-order chi connectivity index (χ0) is 19.3. The first kappa shape index (κ1) is 19.8. The lowest BCUT2D eigenvalue weighted by Gasteiger charge is -2.21. The highest BCUT2D eigenvalue weighted by atomic mass is 19.4. The van der Waals surface area contributed by atoms with Gasteiger partial charge in [0.05, 0.1) is 5.56 Å². The lowest BCUT2D eigenvalue weighted by Crippen LogP contribution is -2.20. The van der Waals surface area contributed by atoms with E-state index >= 15 is 0 Å². The van der Waals surface area contributed by atoms with Crippen molar-refractivity contribution in [3.63, 3.8) is 0 Å². The van der Waals surface area contributed by atoms with Crippen molar-refractivity contribution >= 4 is 5.91 Å². The summed E-state index contributed by atoms with van der Waals surface area (Å²) in [5.41, 5.74) is 1.68. The van der Waals surface area contributed by atoms with Gasteiger partial charge in [-0.1, -0.05) is 43.3 Å². The van der Waals surface area contributed by atoms with Crippen molar-refractivity contribution in [2.75, 3.05) is 0 Å². The third-order valence-corrected chi connectivity index (χ3v) is 4.07. The van der Waals surface area contributed by atoms with E-state index in [1.807, 2.05) is 6.07 Å². The number of ether oxygens (including phenoxy) is 1. The Morgan fingerprint density at radius 2 is 1.77 bits per heavy atom. The number of carbonyl (C=O) groups is 1. The number of hydroxylamine groups is 1. The predicted octanol–water partition coefficient (Wildman–Crippen LogP) is 4.84. The molecule has 26 heavy (non-hydrogen) atoms. The van der Waals surface area contributed by atoms with Crippen LogP contribution in [-0.4, -0.2) is 11.1 Å². The normalized spacial score (nSPS) is 13.8. The number of hydrogen-bond acceptors (Lipinski definition) is 3. The second kappa shape index (κ2) is 8.23. The number of carbonyl (C=O) groups excluding carboxylic acids is 1. The van der Waals surface area contributed by atoms with Crippen LogP contribution >= 0.6 is 0 Å². The topological polar surface area (TPSA) is 58.6 Å². The molecule has 0 aromatic heterocycles. The van der Waals surface area contributed by atoms with Crippen molar-refractivity contribution in [3.05, 3.63) is 65.2 Å². The Balaban J connectivity index is 2.30. The summed E-state index contributed by atoms with van der Waals surface area (Å²) in [6.45, 7) is 3.29. The van der Waals surface area contributed by atoms with Gasteiger partial charge < -0.3 is 4.74 Å². The van der Waals surface area contributed by atoms with E-state index in [4.69, 9.17) is 9.94 Å². The van der Waals surface area contributed by atoms with Crippen molar-refractivity contribution in [2.45, 2.75) is 38.5 Å². The van der Waals surface area contributed by atoms with Gasteiger partial charge in [0.25, 0.3) is 0 Å². The predicted molar refractivity (Wildman–Crippen MR) is 89.9 cm³/mol. The van der Waals surface area contributed by atoms with Crippen LogP contribution in [0.1, 0.15) is 49.0 Å². The molecule has 2 aromatic carbocycles. The first-order valence-electron chi connectivity index (χ1n) is 8.08. The fraction of sp³-hybridized carbons (Fsp3) is 0.316. The van der Waals surface area contributed by atoms with Gasteiger partial charge in [-0.05, 0) is 36.1 Å². The Bertz CT molecular complexity index is 747. The summed E-state index contributed by atoms with van der Waals surface area (Å²) in [5.74, 6) is -1.43. The monoisotopic (exact) mass is 367 g/mol. The number of alkyl halides is 3. The van der Waals surface area contributed by atoms with E-state index in [0.29, 0.717) is 5.56 Å². The number of amides is 1. The average molecular weight is 367 g/mol. The molecule has 0 spiro atoms. The van der Waals surface area contributed by atoms with Gasteiger partial charge >= 0.3 is 6.18 Å². The Kier molecular flexibility index (Phi) is 6.26. The fourth-order valence-electron chi connectivity index (χ4n) is 2.60. The van der Waals surface area contributed by atoms with Crippen molar-refractivity contribution in [1.82, 2.24) is 5.48 Å². The fourth-order valence-corrected chi connectivity index (χ4v) is 2.60. The van der Waals surface area contributed by atoms with Gasteiger partial charge in [0, 0.05) is 6.42 Å². The first-order valence-corrected chi connectivity index (χ1v) is 8.08. The smallest absolute Gasteiger partial charge is 0.419 e. The average Bonchev–Trinajstić information content (AvgIpc) is 2.61. The van der Waals surface area contributed by atoms with Gasteiger partial charge in [0.1, 0.15) is 11.9 Å². The van der Waals surface area contributed by atoms with E-state index in [1.165, 1.54) is 17.6 Å². The van der Waals surface area contributed by atoms with Crippen molar-refractivity contribution in [3.8, 4) is 5.75 Å². The van der Waals surface area contributed by atoms with E-state index in [1.54, 1.807) is 38.1 Å². The summed E-state index contributed by atoms with van der Waals surface area (Å²) in [4.78, 5) is 11.2. The maximum Gasteiger partial charge on any atom is 0.419 e. The van der Waals surface area contributed by atoms with Crippen LogP contribution in [-0.2, 0) is 11.0 Å². The van der Waals surface area contributed by atoms with Crippen molar-refractivity contribution in [1.29, 1.82) is 0 Å². The van der Waals surface area contributed by atoms with Crippen LogP contribution in [0.3, 0.4) is 0 Å². The Morgan fingerprint density at radius 3 is 2.35 bits per heavy atom. The molecule has 2 N–H and O–H groups in total. The third kappa shape index (κ3) is 4.98. The van der Waals surface area contributed by atoms with Crippen LogP contribution in [0.4, 0.5) is 13.2 Å². The summed E-state index contributed by atoms with van der Waals surface area (Å²) in [6, 6.07) is 12.7. The maximum absolute atomic E-state index is 13.5. The second-order valence-electron chi connectivity index (χ2n) is 6.06. The zero-order valence-corrected chi connectivity index (χ0v) is 14.4. The summed E-state index contributed by atoms with van der Waals surface area (Å²) < 4.78 is 46.0. The van der Waals surface area contributed by atoms with E-state index in [2.05, 4.69) is 0 Å². The molecule has 2 atom stereocenters. The molecule has 0 radical (unpaired) electrons. The molecule has 2 aromatic rings. The van der Waals surface area contributed by atoms with Gasteiger partial charge in [-0.15, -0.1) is 0 Å². The lowest BCUT2D eigenvalue weighted by molar-refractivity contribution is -0.139. The van der Waals surface area contributed by atoms with E-state index in [-0.39, 0.29) is 12.2 Å². The second-order valence-corrected chi connectivity index (χ2v) is 6.06. The van der Waals surface area contributed by atoms with Crippen LogP contribution in [0, 0.1) is 0 Å². The first-order chi connectivity index (χ1) is 12.2. The van der Waals surface area contributed by atoms with Crippen molar-refractivity contribution < 1.29 is 27.9 Å². The van der Waals surface area contributed by atoms with Crippen LogP contribution in [0.2, 0.25) is 0 Å². The number of hydrogen-bond donors (Lipinski definition) is 2. The Morgan fingerprint density at radius 1 is 1.12 bits per heavy atom. The van der Waals surface area contributed by atoms with Crippen LogP contribution in [0.5, 0.6) is 5.75 Å². The van der Waals surface area contributed by atoms with Crippen LogP contribution in [0.15, 0.2) is 48.5 Å². The number of benzene rings is 2. The molecule has 0 aliphatic rings. The Hall–Kier alpha value is -2.54. The van der Waals surface area contributed by atoms with Gasteiger partial charge in [-0.25, -0.2) is 5.48 Å². The summed E-state index contributed by atoms with van der Waals surface area (Å²) in [6.07, 6.45) is -5.28. The molecule has 0 bridgehead atoms. The molecule has 0 saturated carbocycles. The van der Waals surface area contributed by atoms with Crippen molar-refractivity contribution in [2.24, 2.45) is 0 Å². The molecular formula is C19H20F3NO3. The molecule has 7 heteroatoms. The molecule has 140 valence electrons. The Labute approximate surface area is 149 Å². The van der Waals surface area contributed by atoms with E-state index in [9.17, 15) is 18.0 Å². The zero-order valence-electron chi connectivity index (χ0n) is 14.4. The van der Waals surface area contributed by atoms with Gasteiger partial charge in [0.2, 0.25) is 5.91 Å². The standard InChI is InChI=1S/C19H20F3NO3/c1-12(10-18(24)23-25)15-8-9-17(16(11-15)19(20,21)22)26-13(2)14-6-4-3-5-7-14/h3-9,11-13,25H,10H2,1-2H3,(H,23,24). The lowest BCUT2D eigenvalue weighted by atomic mass is 9.95. The summed E-state index contributed by atoms with van der Waals surface area (Å²) >= 11 is 0. The molecule has 1 amide bonds. The number of rotatable bonds is 6. The molecule has 0 aliphatic carbocycles. The highest BCUT2D eigenvalue weighted by molar-refractivity contribution is 5.75. The molecule has 0 aliphatic heterocycles. The van der Waals surface area contributed by atoms with Gasteiger partial charge in [-0.2, -0.15) is 13.2 Å². The minimum atomic E-state index is -4.60. The van der Waals surface area contributed by atoms with Gasteiger partial charge in [0.15, 0.2) is 0 Å². The minimum Gasteiger partial charge on any atom is -0.485 e. The van der Waals surface area contributed by atoms with Crippen LogP contribution < -0.4 is 10.2 Å². The molecule has 2 unspecified atom stereocenters. The van der Waals surface area contributed by atoms with Gasteiger partial charge in [-0.3, -0.25) is 10.0 Å². The molecular weight excluding hydrogens is 347 g/mol. The highest BCUT2D eigenvalue weighted by Crippen LogP contribution is 2.39. The molecule has 2 rings (SSSR count). The quantitative estimate of drug-likeness (QED) is 0.567. The maximum atomic E-state index is 13.5. The SMILES string of the molecule is CC(CC(=O)NO)c1ccc(OC(C)c2ccccc2)c(C(F)(F)F)c1. The molecule has 0 heterocycles. The van der Waals surface area contributed by atoms with E-state index in [0.717, 1.165) is 11.6 Å². The third-order valence-electron chi connectivity index (χ3n) is 4.07. The summed E-state index contributed by atoms with van der Waals surface area (Å²) in [7, 11) is 0. The highest BCUT2D eigenvalue weighted by Gasteiger charge is 2.35. The largest absolute Gasteiger partial charge is 0.485 e. The van der Waals surface area contributed by atoms with Crippen LogP contribution in [0.25, 0.3) is 0 Å².